The summed E-state index contributed by atoms with van der Waals surface area (Å²) in [6.07, 6.45) is 2.23. The van der Waals surface area contributed by atoms with Crippen LogP contribution in [0.25, 0.3) is 0 Å². The molecule has 1 N–H and O–H groups in total. The Kier molecular flexibility index (Phi) is 4.58. The van der Waals surface area contributed by atoms with Crippen molar-refractivity contribution < 1.29 is 18.3 Å². The van der Waals surface area contributed by atoms with Crippen LogP contribution in [0.2, 0.25) is 0 Å². The number of hydrogen-bond donors (Lipinski definition) is 1. The lowest BCUT2D eigenvalue weighted by Crippen LogP contribution is -2.36. The third kappa shape index (κ3) is 4.35. The van der Waals surface area contributed by atoms with E-state index in [-0.39, 0.29) is 18.0 Å². The summed E-state index contributed by atoms with van der Waals surface area (Å²) in [7, 11) is 0. The van der Waals surface area contributed by atoms with Gasteiger partial charge >= 0.3 is 6.61 Å². The Labute approximate surface area is 111 Å². The van der Waals surface area contributed by atoms with Crippen molar-refractivity contribution in [1.82, 2.24) is 0 Å². The standard InChI is InChI=1S/C14H19F2NO2/c1-9-6-12(7-10(2)18-9)17-11-4-3-5-13(8-11)19-14(15)16/h3-5,8-10,12,14,17H,6-7H2,1-2H3. The normalized spacial score (nSPS) is 27.3. The minimum absolute atomic E-state index is 0.174. The van der Waals surface area contributed by atoms with E-state index in [4.69, 9.17) is 4.74 Å². The molecule has 0 amide bonds. The Balaban J connectivity index is 1.98. The van der Waals surface area contributed by atoms with Gasteiger partial charge in [0.2, 0.25) is 0 Å². The molecule has 1 aromatic rings. The van der Waals surface area contributed by atoms with Crippen LogP contribution in [0.1, 0.15) is 26.7 Å². The summed E-state index contributed by atoms with van der Waals surface area (Å²) >= 11 is 0. The van der Waals surface area contributed by atoms with Crippen LogP contribution in [0.5, 0.6) is 5.75 Å². The lowest BCUT2D eigenvalue weighted by Gasteiger charge is -2.33. The molecule has 19 heavy (non-hydrogen) atoms. The highest BCUT2D eigenvalue weighted by molar-refractivity contribution is 5.49. The first-order valence-electron chi connectivity index (χ1n) is 6.50. The first-order chi connectivity index (χ1) is 9.02. The molecule has 1 aliphatic heterocycles. The van der Waals surface area contributed by atoms with Crippen molar-refractivity contribution in [2.75, 3.05) is 5.32 Å². The van der Waals surface area contributed by atoms with E-state index in [1.807, 2.05) is 19.9 Å². The molecular weight excluding hydrogens is 252 g/mol. The molecular formula is C14H19F2NO2. The summed E-state index contributed by atoms with van der Waals surface area (Å²) in [4.78, 5) is 0. The van der Waals surface area contributed by atoms with Crippen molar-refractivity contribution in [3.05, 3.63) is 24.3 Å². The zero-order valence-corrected chi connectivity index (χ0v) is 11.1. The number of benzene rings is 1. The summed E-state index contributed by atoms with van der Waals surface area (Å²) in [6.45, 7) is 1.29. The van der Waals surface area contributed by atoms with Crippen LogP contribution in [0.3, 0.4) is 0 Å². The van der Waals surface area contributed by atoms with Crippen LogP contribution >= 0.6 is 0 Å². The zero-order valence-electron chi connectivity index (χ0n) is 11.1. The van der Waals surface area contributed by atoms with E-state index in [1.165, 1.54) is 6.07 Å². The van der Waals surface area contributed by atoms with Crippen molar-refractivity contribution in [1.29, 1.82) is 0 Å². The summed E-state index contributed by atoms with van der Waals surface area (Å²) < 4.78 is 34.4. The fourth-order valence-electron chi connectivity index (χ4n) is 2.52. The Morgan fingerprint density at radius 2 is 1.95 bits per heavy atom. The van der Waals surface area contributed by atoms with Gasteiger partial charge in [0.25, 0.3) is 0 Å². The molecule has 1 fully saturated rings. The van der Waals surface area contributed by atoms with Crippen LogP contribution in [0.4, 0.5) is 14.5 Å². The van der Waals surface area contributed by atoms with Gasteiger partial charge in [-0.2, -0.15) is 8.78 Å². The Morgan fingerprint density at radius 1 is 1.26 bits per heavy atom. The maximum Gasteiger partial charge on any atom is 0.387 e. The van der Waals surface area contributed by atoms with Gasteiger partial charge in [-0.05, 0) is 38.8 Å². The first kappa shape index (κ1) is 14.1. The maximum atomic E-state index is 12.2. The molecule has 0 bridgehead atoms. The van der Waals surface area contributed by atoms with Gasteiger partial charge in [0.05, 0.1) is 12.2 Å². The average molecular weight is 271 g/mol. The van der Waals surface area contributed by atoms with E-state index in [0.717, 1.165) is 18.5 Å². The quantitative estimate of drug-likeness (QED) is 0.906. The lowest BCUT2D eigenvalue weighted by molar-refractivity contribution is -0.0498. The van der Waals surface area contributed by atoms with E-state index in [2.05, 4.69) is 10.1 Å². The van der Waals surface area contributed by atoms with Crippen LogP contribution in [-0.2, 0) is 4.74 Å². The van der Waals surface area contributed by atoms with E-state index < -0.39 is 6.61 Å². The van der Waals surface area contributed by atoms with Gasteiger partial charge in [0.1, 0.15) is 5.75 Å². The molecule has 2 atom stereocenters. The molecule has 2 unspecified atom stereocenters. The van der Waals surface area contributed by atoms with E-state index in [1.54, 1.807) is 12.1 Å². The Bertz CT molecular complexity index is 404. The van der Waals surface area contributed by atoms with Gasteiger partial charge < -0.3 is 14.8 Å². The molecule has 1 heterocycles. The number of hydrogen-bond acceptors (Lipinski definition) is 3. The van der Waals surface area contributed by atoms with Gasteiger partial charge in [-0.1, -0.05) is 6.07 Å². The number of halogens is 2. The fourth-order valence-corrected chi connectivity index (χ4v) is 2.52. The number of alkyl halides is 2. The Morgan fingerprint density at radius 3 is 2.58 bits per heavy atom. The summed E-state index contributed by atoms with van der Waals surface area (Å²) in [5, 5.41) is 3.35. The van der Waals surface area contributed by atoms with Crippen molar-refractivity contribution in [2.45, 2.75) is 51.6 Å². The molecule has 5 heteroatoms. The highest BCUT2D eigenvalue weighted by Crippen LogP contribution is 2.25. The average Bonchev–Trinajstić information content (AvgIpc) is 2.26. The maximum absolute atomic E-state index is 12.2. The smallest absolute Gasteiger partial charge is 0.387 e. The second-order valence-electron chi connectivity index (χ2n) is 4.98. The van der Waals surface area contributed by atoms with Crippen molar-refractivity contribution in [3.63, 3.8) is 0 Å². The van der Waals surface area contributed by atoms with Gasteiger partial charge in [-0.3, -0.25) is 0 Å². The molecule has 1 aromatic carbocycles. The van der Waals surface area contributed by atoms with Crippen LogP contribution in [-0.4, -0.2) is 24.9 Å². The molecule has 2 rings (SSSR count). The summed E-state index contributed by atoms with van der Waals surface area (Å²) in [5.41, 5.74) is 0.796. The molecule has 0 radical (unpaired) electrons. The Hall–Kier alpha value is -1.36. The predicted molar refractivity (Wildman–Crippen MR) is 69.7 cm³/mol. The number of nitrogens with one attached hydrogen (secondary N) is 1. The molecule has 1 aliphatic rings. The lowest BCUT2D eigenvalue weighted by atomic mass is 9.99. The van der Waals surface area contributed by atoms with Crippen molar-refractivity contribution >= 4 is 5.69 Å². The first-order valence-corrected chi connectivity index (χ1v) is 6.50. The number of ether oxygens (including phenoxy) is 2. The third-order valence-corrected chi connectivity index (χ3v) is 3.13. The minimum Gasteiger partial charge on any atom is -0.435 e. The van der Waals surface area contributed by atoms with Crippen LogP contribution in [0, 0.1) is 0 Å². The van der Waals surface area contributed by atoms with E-state index >= 15 is 0 Å². The summed E-state index contributed by atoms with van der Waals surface area (Å²) in [5.74, 6) is 0.174. The monoisotopic (exact) mass is 271 g/mol. The minimum atomic E-state index is -2.79. The molecule has 106 valence electrons. The number of rotatable bonds is 4. The zero-order chi connectivity index (χ0) is 13.8. The topological polar surface area (TPSA) is 30.5 Å². The molecule has 0 aromatic heterocycles. The molecule has 1 saturated heterocycles. The van der Waals surface area contributed by atoms with Crippen molar-refractivity contribution in [3.8, 4) is 5.75 Å². The SMILES string of the molecule is CC1CC(Nc2cccc(OC(F)F)c2)CC(C)O1. The van der Waals surface area contributed by atoms with Gasteiger partial charge in [-0.15, -0.1) is 0 Å². The molecule has 0 spiro atoms. The van der Waals surface area contributed by atoms with Crippen LogP contribution < -0.4 is 10.1 Å². The van der Waals surface area contributed by atoms with Crippen molar-refractivity contribution in [2.24, 2.45) is 0 Å². The largest absolute Gasteiger partial charge is 0.435 e. The molecule has 0 saturated carbocycles. The number of anilines is 1. The summed E-state index contributed by atoms with van der Waals surface area (Å²) in [6, 6.07) is 6.96. The highest BCUT2D eigenvalue weighted by atomic mass is 19.3. The molecule has 3 nitrogen and oxygen atoms in total. The second kappa shape index (κ2) is 6.19. The van der Waals surface area contributed by atoms with Crippen LogP contribution in [0.15, 0.2) is 24.3 Å². The van der Waals surface area contributed by atoms with E-state index in [9.17, 15) is 8.78 Å². The third-order valence-electron chi connectivity index (χ3n) is 3.13. The van der Waals surface area contributed by atoms with E-state index in [0.29, 0.717) is 6.04 Å². The van der Waals surface area contributed by atoms with Gasteiger partial charge in [-0.25, -0.2) is 0 Å². The predicted octanol–water partition coefficient (Wildman–Crippen LogP) is 3.66. The van der Waals surface area contributed by atoms with Gasteiger partial charge in [0.15, 0.2) is 0 Å². The second-order valence-corrected chi connectivity index (χ2v) is 4.98. The fraction of sp³-hybridized carbons (Fsp3) is 0.571. The molecule has 0 aliphatic carbocycles. The van der Waals surface area contributed by atoms with Gasteiger partial charge in [0, 0.05) is 17.8 Å². The highest BCUT2D eigenvalue weighted by Gasteiger charge is 2.24.